The van der Waals surface area contributed by atoms with Gasteiger partial charge in [-0.1, -0.05) is 85.1 Å². The lowest BCUT2D eigenvalue weighted by Crippen LogP contribution is -2.40. The summed E-state index contributed by atoms with van der Waals surface area (Å²) in [6, 6.07) is 26.1. The Morgan fingerprint density at radius 3 is 1.96 bits per heavy atom. The molecule has 49 heavy (non-hydrogen) atoms. The Morgan fingerprint density at radius 1 is 0.878 bits per heavy atom. The summed E-state index contributed by atoms with van der Waals surface area (Å²) >= 11 is 0. The number of aromatic amines is 1. The highest BCUT2D eigenvalue weighted by molar-refractivity contribution is 6.86. The molecule has 1 aromatic heterocycles. The van der Waals surface area contributed by atoms with Crippen LogP contribution in [0, 0.1) is 12.8 Å². The van der Waals surface area contributed by atoms with Crippen LogP contribution in [0.2, 0.25) is 32.7 Å². The molecular weight excluding hydrogens is 653 g/mol. The van der Waals surface area contributed by atoms with Gasteiger partial charge in [0.2, 0.25) is 8.32 Å². The van der Waals surface area contributed by atoms with Crippen LogP contribution in [0.3, 0.4) is 0 Å². The van der Waals surface area contributed by atoms with E-state index in [1.165, 1.54) is 9.76 Å². The van der Waals surface area contributed by atoms with Crippen LogP contribution >= 0.6 is 0 Å². The van der Waals surface area contributed by atoms with Crippen LogP contribution in [0.5, 0.6) is 11.5 Å². The summed E-state index contributed by atoms with van der Waals surface area (Å²) in [6.45, 7) is 13.3. The normalized spacial score (nSPS) is 22.7. The molecule has 0 amide bonds. The van der Waals surface area contributed by atoms with Gasteiger partial charge in [0.25, 0.3) is 5.56 Å². The molecule has 11 heteroatoms. The van der Waals surface area contributed by atoms with Crippen molar-refractivity contribution >= 4 is 16.4 Å². The van der Waals surface area contributed by atoms with E-state index in [1.54, 1.807) is 27.3 Å². The van der Waals surface area contributed by atoms with Gasteiger partial charge in [-0.2, -0.15) is 0 Å². The van der Waals surface area contributed by atoms with Gasteiger partial charge in [0, 0.05) is 17.7 Å². The number of rotatable bonds is 10. The fourth-order valence-electron chi connectivity index (χ4n) is 7.21. The summed E-state index contributed by atoms with van der Waals surface area (Å²) in [7, 11) is -0.781. The van der Waals surface area contributed by atoms with Crippen molar-refractivity contribution in [1.82, 2.24) is 9.55 Å². The van der Waals surface area contributed by atoms with Crippen molar-refractivity contribution in [3.63, 3.8) is 0 Å². The number of aromatic nitrogens is 2. The van der Waals surface area contributed by atoms with Crippen LogP contribution in [0.25, 0.3) is 0 Å². The third kappa shape index (κ3) is 6.65. The van der Waals surface area contributed by atoms with E-state index in [2.05, 4.69) is 55.6 Å². The Morgan fingerprint density at radius 2 is 1.43 bits per heavy atom. The van der Waals surface area contributed by atoms with Crippen molar-refractivity contribution in [2.75, 3.05) is 20.8 Å². The second-order valence-corrected chi connectivity index (χ2v) is 23.3. The average Bonchev–Trinajstić information content (AvgIpc) is 3.55. The Balaban J connectivity index is 1.50. The molecule has 0 bridgehead atoms. The van der Waals surface area contributed by atoms with Gasteiger partial charge < -0.3 is 23.4 Å². The first-order chi connectivity index (χ1) is 23.3. The van der Waals surface area contributed by atoms with Crippen LogP contribution < -0.4 is 20.7 Å². The lowest BCUT2D eigenvalue weighted by atomic mass is 9.80. The van der Waals surface area contributed by atoms with E-state index in [0.29, 0.717) is 5.56 Å². The highest BCUT2D eigenvalue weighted by Crippen LogP contribution is 2.51. The maximum atomic E-state index is 13.2. The molecule has 0 aliphatic carbocycles. The molecule has 0 unspecified atom stereocenters. The maximum Gasteiger partial charge on any atom is 0.330 e. The number of aryl methyl sites for hydroxylation is 1. The van der Waals surface area contributed by atoms with Crippen molar-refractivity contribution in [1.29, 1.82) is 0 Å². The Bertz CT molecular complexity index is 1880. The van der Waals surface area contributed by atoms with Crippen LogP contribution in [0.4, 0.5) is 0 Å². The third-order valence-corrected chi connectivity index (χ3v) is 13.7. The van der Waals surface area contributed by atoms with Crippen molar-refractivity contribution < 1.29 is 23.4 Å². The van der Waals surface area contributed by atoms with E-state index >= 15 is 0 Å². The molecule has 0 radical (unpaired) electrons. The van der Waals surface area contributed by atoms with E-state index < -0.39 is 51.7 Å². The number of hydrogen-bond donors (Lipinski definition) is 1. The fourth-order valence-corrected chi connectivity index (χ4v) is 13.3. The first-order valence-electron chi connectivity index (χ1n) is 16.6. The molecule has 1 N–H and O–H groups in total. The first-order valence-corrected chi connectivity index (χ1v) is 23.1. The molecule has 2 fully saturated rings. The Labute approximate surface area is 289 Å². The third-order valence-electron chi connectivity index (χ3n) is 9.48. The molecule has 258 valence electrons. The minimum absolute atomic E-state index is 0.141. The second-order valence-electron chi connectivity index (χ2n) is 14.4. The maximum absolute atomic E-state index is 13.2. The minimum Gasteiger partial charge on any atom is -0.497 e. The summed E-state index contributed by atoms with van der Waals surface area (Å²) in [5.41, 5.74) is 3.67. The fraction of sp³-hybridized carbons (Fsp3) is 0.368. The van der Waals surface area contributed by atoms with Crippen molar-refractivity contribution in [2.24, 2.45) is 5.92 Å². The molecule has 3 aromatic carbocycles. The average molecular weight is 699 g/mol. The van der Waals surface area contributed by atoms with Crippen LogP contribution in [-0.2, 0) is 19.5 Å². The number of fused-ring (bicyclic) bond motifs is 1. The van der Waals surface area contributed by atoms with Gasteiger partial charge in [-0.15, -0.1) is 0 Å². The smallest absolute Gasteiger partial charge is 0.330 e. The summed E-state index contributed by atoms with van der Waals surface area (Å²) in [5, 5.41) is 1.29. The first kappa shape index (κ1) is 34.8. The largest absolute Gasteiger partial charge is 0.497 e. The van der Waals surface area contributed by atoms with E-state index in [0.717, 1.165) is 28.2 Å². The van der Waals surface area contributed by atoms with Crippen molar-refractivity contribution in [3.8, 4) is 11.5 Å². The summed E-state index contributed by atoms with van der Waals surface area (Å²) in [5.74, 6) is 1.34. The summed E-state index contributed by atoms with van der Waals surface area (Å²) in [4.78, 5) is 28.0. The number of H-pyrrole nitrogens is 1. The number of benzene rings is 3. The predicted molar refractivity (Wildman–Crippen MR) is 196 cm³/mol. The Hall–Kier alpha value is -4.01. The molecule has 2 aliphatic heterocycles. The van der Waals surface area contributed by atoms with E-state index in [9.17, 15) is 9.59 Å². The van der Waals surface area contributed by atoms with Gasteiger partial charge >= 0.3 is 5.69 Å². The summed E-state index contributed by atoms with van der Waals surface area (Å²) < 4.78 is 33.6. The zero-order valence-corrected chi connectivity index (χ0v) is 31.5. The highest BCUT2D eigenvalue weighted by Gasteiger charge is 2.59. The molecule has 2 saturated heterocycles. The molecule has 0 saturated carbocycles. The number of methoxy groups -OCH3 is 2. The quantitative estimate of drug-likeness (QED) is 0.153. The van der Waals surface area contributed by atoms with Crippen molar-refractivity contribution in [3.05, 3.63) is 139 Å². The van der Waals surface area contributed by atoms with Gasteiger partial charge in [0.1, 0.15) is 17.1 Å². The van der Waals surface area contributed by atoms with Crippen LogP contribution in [0.1, 0.15) is 28.5 Å². The van der Waals surface area contributed by atoms with Gasteiger partial charge in [0.05, 0.1) is 41.1 Å². The summed E-state index contributed by atoms with van der Waals surface area (Å²) in [6.07, 6.45) is -0.0404. The topological polar surface area (TPSA) is 101 Å². The molecule has 6 rings (SSSR count). The molecular formula is C38H46N2O7Si2. The molecule has 3 heterocycles. The lowest BCUT2D eigenvalue weighted by molar-refractivity contribution is -0.0898. The molecule has 4 aromatic rings. The lowest BCUT2D eigenvalue weighted by Gasteiger charge is -2.37. The standard InChI is InChI=1S/C38H46N2O7Si2/c1-25-22-40(37(42)39-35(25)41)36-34-33(32(24-48(4,5)6)49(7,8)47-34)31(46-36)23-45-38(26-12-10-9-11-13-26,27-14-18-29(43-2)19-15-27)28-16-20-30(44-3)21-17-28/h9-22,24,31,33-34,36H,23H2,1-8H3,(H,39,41,42)/b32-24-/t31-,33+,34-,36-/m1/s1. The van der Waals surface area contributed by atoms with Gasteiger partial charge in [0.15, 0.2) is 6.23 Å². The second kappa shape index (κ2) is 13.4. The minimum atomic E-state index is -2.38. The highest BCUT2D eigenvalue weighted by atomic mass is 28.4. The van der Waals surface area contributed by atoms with Gasteiger partial charge in [-0.3, -0.25) is 14.3 Å². The number of hydrogen-bond acceptors (Lipinski definition) is 7. The van der Waals surface area contributed by atoms with E-state index in [1.807, 2.05) is 66.7 Å². The zero-order valence-electron chi connectivity index (χ0n) is 29.5. The number of ether oxygens (including phenoxy) is 4. The van der Waals surface area contributed by atoms with Crippen LogP contribution in [0.15, 0.2) is 106 Å². The van der Waals surface area contributed by atoms with Crippen LogP contribution in [-0.4, -0.2) is 59.0 Å². The molecule has 2 aliphatic rings. The predicted octanol–water partition coefficient (Wildman–Crippen LogP) is 6.33. The molecule has 9 nitrogen and oxygen atoms in total. The number of nitrogens with one attached hydrogen (secondary N) is 1. The SMILES string of the molecule is COc1ccc(C(OC[C@H]2O[C@@H](n3cc(C)c(=O)[nH]c3=O)[C@@H]3O[Si](C)(C)/C(=C\[Si](C)(C)C)[C@@H]32)(c2ccccc2)c2ccc(OC)cc2)cc1. The van der Waals surface area contributed by atoms with E-state index in [-0.39, 0.29) is 12.5 Å². The van der Waals surface area contributed by atoms with Gasteiger partial charge in [-0.05, 0) is 61.0 Å². The van der Waals surface area contributed by atoms with Gasteiger partial charge in [-0.25, -0.2) is 4.79 Å². The Kier molecular flexibility index (Phi) is 9.51. The van der Waals surface area contributed by atoms with E-state index in [4.69, 9.17) is 23.4 Å². The zero-order chi connectivity index (χ0) is 35.1. The number of nitrogens with zero attached hydrogens (tertiary/aromatic N) is 1. The molecule has 0 spiro atoms. The van der Waals surface area contributed by atoms with Crippen molar-refractivity contribution in [2.45, 2.75) is 63.7 Å². The molecule has 4 atom stereocenters. The monoisotopic (exact) mass is 698 g/mol.